The smallest absolute Gasteiger partial charge is 0.145 e. The van der Waals surface area contributed by atoms with Gasteiger partial charge >= 0.3 is 0 Å². The van der Waals surface area contributed by atoms with E-state index in [4.69, 9.17) is 16.3 Å². The number of ether oxygens (including phenoxy) is 1. The molecule has 0 bridgehead atoms. The van der Waals surface area contributed by atoms with E-state index >= 15 is 0 Å². The van der Waals surface area contributed by atoms with Gasteiger partial charge in [-0.25, -0.2) is 0 Å². The molecule has 0 radical (unpaired) electrons. The number of halogens is 1. The quantitative estimate of drug-likeness (QED) is 0.829. The Hall–Kier alpha value is -0.930. The first kappa shape index (κ1) is 13.5. The van der Waals surface area contributed by atoms with Gasteiger partial charge < -0.3 is 4.74 Å². The van der Waals surface area contributed by atoms with Gasteiger partial charge in [0, 0.05) is 17.5 Å². The van der Waals surface area contributed by atoms with Crippen LogP contribution in [-0.4, -0.2) is 17.3 Å². The number of hydrogen-bond acceptors (Lipinski definition) is 3. The summed E-state index contributed by atoms with van der Waals surface area (Å²) in [6.45, 7) is 2.80. The summed E-state index contributed by atoms with van der Waals surface area (Å²) in [6.07, 6.45) is 2.81. The fraction of sp³-hybridized carbons (Fsp3) is 0.357. The molecule has 18 heavy (non-hydrogen) atoms. The minimum atomic E-state index is 0.461. The molecular weight excluding hydrogens is 266 g/mol. The average Bonchev–Trinajstić information content (AvgIpc) is 2.42. The van der Waals surface area contributed by atoms with Crippen molar-refractivity contribution in [2.45, 2.75) is 13.3 Å². The van der Waals surface area contributed by atoms with Crippen LogP contribution in [0.4, 0.5) is 0 Å². The van der Waals surface area contributed by atoms with Crippen molar-refractivity contribution in [3.63, 3.8) is 0 Å². The van der Waals surface area contributed by atoms with Gasteiger partial charge in [0.2, 0.25) is 0 Å². The van der Waals surface area contributed by atoms with E-state index in [9.17, 15) is 0 Å². The topological polar surface area (TPSA) is 22.1 Å². The minimum absolute atomic E-state index is 0.461. The largest absolute Gasteiger partial charge is 0.491 e. The van der Waals surface area contributed by atoms with Crippen molar-refractivity contribution < 1.29 is 4.74 Å². The summed E-state index contributed by atoms with van der Waals surface area (Å²) in [5.41, 5.74) is 0.819. The molecule has 0 fully saturated rings. The number of nitrogens with zero attached hydrogens (tertiary/aromatic N) is 1. The number of pyridine rings is 1. The maximum Gasteiger partial charge on any atom is 0.145 e. The Morgan fingerprint density at radius 1 is 1.39 bits per heavy atom. The molecule has 2 rings (SSSR count). The predicted octanol–water partition coefficient (Wildman–Crippen LogP) is 4.22. The fourth-order valence-corrected chi connectivity index (χ4v) is 2.31. The lowest BCUT2D eigenvalue weighted by Crippen LogP contribution is -2.12. The predicted molar refractivity (Wildman–Crippen MR) is 79.9 cm³/mol. The molecule has 2 nitrogen and oxygen atoms in total. The molecule has 0 aliphatic carbocycles. The van der Waals surface area contributed by atoms with Crippen LogP contribution in [0.25, 0.3) is 10.9 Å². The number of hydrogen-bond donors (Lipinski definition) is 1. The average molecular weight is 282 g/mol. The third-order valence-electron chi connectivity index (χ3n) is 2.99. The summed E-state index contributed by atoms with van der Waals surface area (Å²) in [5, 5.41) is 1.63. The monoisotopic (exact) mass is 281 g/mol. The van der Waals surface area contributed by atoms with E-state index in [1.54, 1.807) is 6.20 Å². The standard InChI is InChI=1S/C14H16ClNOS/c1-2-10(9-18)8-17-13-6-5-12(15)11-4-3-7-16-14(11)13/h3-7,10,18H,2,8-9H2,1H3. The van der Waals surface area contributed by atoms with Crippen molar-refractivity contribution in [2.75, 3.05) is 12.4 Å². The number of benzene rings is 1. The van der Waals surface area contributed by atoms with E-state index in [1.807, 2.05) is 24.3 Å². The maximum absolute atomic E-state index is 6.14. The molecule has 0 N–H and O–H groups in total. The van der Waals surface area contributed by atoms with Gasteiger partial charge in [-0.15, -0.1) is 0 Å². The van der Waals surface area contributed by atoms with Crippen molar-refractivity contribution in [3.05, 3.63) is 35.5 Å². The van der Waals surface area contributed by atoms with E-state index in [0.717, 1.165) is 28.8 Å². The molecular formula is C14H16ClNOS. The van der Waals surface area contributed by atoms with Crippen molar-refractivity contribution >= 4 is 35.1 Å². The Balaban J connectivity index is 2.26. The lowest BCUT2D eigenvalue weighted by molar-refractivity contribution is 0.262. The second-order valence-electron chi connectivity index (χ2n) is 4.21. The van der Waals surface area contributed by atoms with Crippen LogP contribution in [-0.2, 0) is 0 Å². The minimum Gasteiger partial charge on any atom is -0.491 e. The summed E-state index contributed by atoms with van der Waals surface area (Å²) in [7, 11) is 0. The van der Waals surface area contributed by atoms with E-state index in [2.05, 4.69) is 24.5 Å². The number of aromatic nitrogens is 1. The molecule has 0 aliphatic heterocycles. The highest BCUT2D eigenvalue weighted by atomic mass is 35.5. The third kappa shape index (κ3) is 2.90. The first-order valence-corrected chi connectivity index (χ1v) is 7.04. The van der Waals surface area contributed by atoms with Crippen LogP contribution in [0, 0.1) is 5.92 Å². The highest BCUT2D eigenvalue weighted by molar-refractivity contribution is 7.80. The van der Waals surface area contributed by atoms with Gasteiger partial charge in [0.05, 0.1) is 11.6 Å². The maximum atomic E-state index is 6.14. The Morgan fingerprint density at radius 2 is 2.22 bits per heavy atom. The summed E-state index contributed by atoms with van der Waals surface area (Å²) in [6, 6.07) is 7.56. The van der Waals surface area contributed by atoms with Gasteiger partial charge in [-0.2, -0.15) is 12.6 Å². The van der Waals surface area contributed by atoms with Crippen molar-refractivity contribution in [3.8, 4) is 5.75 Å². The Bertz CT molecular complexity index is 528. The molecule has 1 aromatic carbocycles. The molecule has 1 unspecified atom stereocenters. The summed E-state index contributed by atoms with van der Waals surface area (Å²) < 4.78 is 5.85. The normalized spacial score (nSPS) is 12.6. The van der Waals surface area contributed by atoms with E-state index in [0.29, 0.717) is 17.5 Å². The Kier molecular flexibility index (Phi) is 4.72. The third-order valence-corrected chi connectivity index (χ3v) is 3.84. The van der Waals surface area contributed by atoms with Crippen LogP contribution < -0.4 is 4.74 Å². The van der Waals surface area contributed by atoms with Crippen LogP contribution in [0.15, 0.2) is 30.5 Å². The first-order chi connectivity index (χ1) is 8.76. The van der Waals surface area contributed by atoms with Crippen LogP contribution >= 0.6 is 24.2 Å². The second kappa shape index (κ2) is 6.30. The molecule has 0 saturated carbocycles. The van der Waals surface area contributed by atoms with E-state index in [1.165, 1.54) is 0 Å². The lowest BCUT2D eigenvalue weighted by Gasteiger charge is -2.14. The highest BCUT2D eigenvalue weighted by Crippen LogP contribution is 2.29. The van der Waals surface area contributed by atoms with Crippen LogP contribution in [0.3, 0.4) is 0 Å². The Labute approximate surface area is 118 Å². The van der Waals surface area contributed by atoms with Crippen molar-refractivity contribution in [1.29, 1.82) is 0 Å². The van der Waals surface area contributed by atoms with Gasteiger partial charge in [0.25, 0.3) is 0 Å². The summed E-state index contributed by atoms with van der Waals surface area (Å²) in [5.74, 6) is 2.08. The molecule has 0 spiro atoms. The van der Waals surface area contributed by atoms with Gasteiger partial charge in [-0.1, -0.05) is 18.5 Å². The van der Waals surface area contributed by atoms with E-state index in [-0.39, 0.29) is 0 Å². The van der Waals surface area contributed by atoms with Gasteiger partial charge in [-0.3, -0.25) is 4.98 Å². The number of fused-ring (bicyclic) bond motifs is 1. The fourth-order valence-electron chi connectivity index (χ4n) is 1.74. The zero-order chi connectivity index (χ0) is 13.0. The molecule has 1 atom stereocenters. The van der Waals surface area contributed by atoms with Gasteiger partial charge in [0.1, 0.15) is 11.3 Å². The summed E-state index contributed by atoms with van der Waals surface area (Å²) >= 11 is 10.5. The van der Waals surface area contributed by atoms with Crippen molar-refractivity contribution in [2.24, 2.45) is 5.92 Å². The van der Waals surface area contributed by atoms with Gasteiger partial charge in [-0.05, 0) is 36.4 Å². The molecule has 0 amide bonds. The zero-order valence-corrected chi connectivity index (χ0v) is 11.9. The van der Waals surface area contributed by atoms with E-state index < -0.39 is 0 Å². The zero-order valence-electron chi connectivity index (χ0n) is 10.3. The van der Waals surface area contributed by atoms with Crippen LogP contribution in [0.2, 0.25) is 5.02 Å². The van der Waals surface area contributed by atoms with Crippen LogP contribution in [0.1, 0.15) is 13.3 Å². The van der Waals surface area contributed by atoms with Crippen molar-refractivity contribution in [1.82, 2.24) is 4.98 Å². The number of rotatable bonds is 5. The number of thiol groups is 1. The molecule has 0 saturated heterocycles. The first-order valence-electron chi connectivity index (χ1n) is 6.03. The molecule has 4 heteroatoms. The van der Waals surface area contributed by atoms with Gasteiger partial charge in [0.15, 0.2) is 0 Å². The Morgan fingerprint density at radius 3 is 2.94 bits per heavy atom. The second-order valence-corrected chi connectivity index (χ2v) is 4.99. The molecule has 1 heterocycles. The molecule has 0 aliphatic rings. The lowest BCUT2D eigenvalue weighted by atomic mass is 10.1. The van der Waals surface area contributed by atoms with Crippen LogP contribution in [0.5, 0.6) is 5.75 Å². The SMILES string of the molecule is CCC(CS)COc1ccc(Cl)c2cccnc12. The molecule has 1 aromatic heterocycles. The molecule has 96 valence electrons. The summed E-state index contributed by atoms with van der Waals surface area (Å²) in [4.78, 5) is 4.34. The molecule has 2 aromatic rings. The highest BCUT2D eigenvalue weighted by Gasteiger charge is 2.09.